The first kappa shape index (κ1) is 20.6. The molecule has 5 nitrogen and oxygen atoms in total. The predicted octanol–water partition coefficient (Wildman–Crippen LogP) is 2.44. The van der Waals surface area contributed by atoms with Crippen LogP contribution in [-0.4, -0.2) is 48.6 Å². The van der Waals surface area contributed by atoms with Crippen molar-refractivity contribution in [3.05, 3.63) is 59.1 Å². The molecule has 1 heterocycles. The highest BCUT2D eigenvalue weighted by Crippen LogP contribution is 2.15. The van der Waals surface area contributed by atoms with Crippen molar-refractivity contribution in [1.82, 2.24) is 4.90 Å². The van der Waals surface area contributed by atoms with Gasteiger partial charge in [0.05, 0.1) is 26.2 Å². The number of hydrogen-bond acceptors (Lipinski definition) is 2. The smallest absolute Gasteiger partial charge is 0.279 e. The van der Waals surface area contributed by atoms with Gasteiger partial charge in [-0.1, -0.05) is 36.7 Å². The van der Waals surface area contributed by atoms with Gasteiger partial charge in [-0.3, -0.25) is 4.79 Å². The van der Waals surface area contributed by atoms with Gasteiger partial charge < -0.3 is 20.4 Å². The monoisotopic (exact) mass is 417 g/mol. The summed E-state index contributed by atoms with van der Waals surface area (Å²) in [6.07, 6.45) is 0.903. The number of nitrogens with zero attached hydrogens (tertiary/aromatic N) is 1. The number of nitrogens with one attached hydrogen (secondary N) is 3. The number of piperazine rings is 1. The minimum absolute atomic E-state index is 0.0613. The second-order valence-electron chi connectivity index (χ2n) is 6.91. The predicted molar refractivity (Wildman–Crippen MR) is 119 cm³/mol. The maximum Gasteiger partial charge on any atom is 0.279 e. The standard InChI is InChI=1S/C21H25ClN4OS/c1-2-16-5-3-4-6-19(16)24-20(27)15-25-11-13-26(14-12-25)21(28)23-18-9-7-17(22)8-10-18/h3-10H,2,11-15H2,1H3,(H,23,28)(H,24,27)/p+1. The maximum atomic E-state index is 12.4. The van der Waals surface area contributed by atoms with Crippen LogP contribution in [-0.2, 0) is 11.2 Å². The van der Waals surface area contributed by atoms with E-state index >= 15 is 0 Å². The lowest BCUT2D eigenvalue weighted by atomic mass is 10.1. The lowest BCUT2D eigenvalue weighted by Gasteiger charge is -2.33. The lowest BCUT2D eigenvalue weighted by molar-refractivity contribution is -0.895. The van der Waals surface area contributed by atoms with Crippen molar-refractivity contribution in [2.24, 2.45) is 0 Å². The Balaban J connectivity index is 1.45. The third-order valence-electron chi connectivity index (χ3n) is 4.94. The molecule has 1 amide bonds. The van der Waals surface area contributed by atoms with E-state index in [-0.39, 0.29) is 5.91 Å². The molecular weight excluding hydrogens is 392 g/mol. The Morgan fingerprint density at radius 3 is 2.46 bits per heavy atom. The van der Waals surface area contributed by atoms with Crippen LogP contribution in [0.2, 0.25) is 5.02 Å². The van der Waals surface area contributed by atoms with E-state index in [2.05, 4.69) is 28.5 Å². The summed E-state index contributed by atoms with van der Waals surface area (Å²) in [5, 5.41) is 7.72. The summed E-state index contributed by atoms with van der Waals surface area (Å²) in [5.74, 6) is 0.0613. The number of amides is 1. The normalized spacial score (nSPS) is 14.6. The lowest BCUT2D eigenvalue weighted by Crippen LogP contribution is -3.15. The largest absolute Gasteiger partial charge is 0.338 e. The van der Waals surface area contributed by atoms with Gasteiger partial charge in [0.2, 0.25) is 0 Å². The van der Waals surface area contributed by atoms with E-state index in [9.17, 15) is 4.79 Å². The maximum absolute atomic E-state index is 12.4. The van der Waals surface area contributed by atoms with Crippen molar-refractivity contribution in [2.75, 3.05) is 43.4 Å². The minimum Gasteiger partial charge on any atom is -0.338 e. The number of halogens is 1. The Bertz CT molecular complexity index is 819. The summed E-state index contributed by atoms with van der Waals surface area (Å²) in [6, 6.07) is 15.5. The second kappa shape index (κ2) is 9.87. The molecule has 0 atom stereocenters. The van der Waals surface area contributed by atoms with Gasteiger partial charge in [-0.25, -0.2) is 0 Å². The van der Waals surface area contributed by atoms with Crippen LogP contribution in [0.4, 0.5) is 11.4 Å². The van der Waals surface area contributed by atoms with Crippen molar-refractivity contribution in [2.45, 2.75) is 13.3 Å². The topological polar surface area (TPSA) is 48.8 Å². The second-order valence-corrected chi connectivity index (χ2v) is 7.73. The third-order valence-corrected chi connectivity index (χ3v) is 5.55. The van der Waals surface area contributed by atoms with Gasteiger partial charge >= 0.3 is 0 Å². The van der Waals surface area contributed by atoms with E-state index in [0.717, 1.165) is 49.5 Å². The van der Waals surface area contributed by atoms with E-state index in [4.69, 9.17) is 23.8 Å². The molecule has 1 fully saturated rings. The van der Waals surface area contributed by atoms with Gasteiger partial charge in [-0.15, -0.1) is 0 Å². The van der Waals surface area contributed by atoms with Crippen molar-refractivity contribution in [3.8, 4) is 0 Å². The van der Waals surface area contributed by atoms with Crippen LogP contribution >= 0.6 is 23.8 Å². The number of carbonyl (C=O) groups is 1. The molecule has 1 aliphatic heterocycles. The van der Waals surface area contributed by atoms with Crippen molar-refractivity contribution in [1.29, 1.82) is 0 Å². The van der Waals surface area contributed by atoms with E-state index in [1.807, 2.05) is 42.5 Å². The van der Waals surface area contributed by atoms with E-state index < -0.39 is 0 Å². The molecule has 3 rings (SSSR count). The first-order valence-corrected chi connectivity index (χ1v) is 10.4. The molecule has 2 aromatic carbocycles. The van der Waals surface area contributed by atoms with Crippen molar-refractivity contribution < 1.29 is 9.69 Å². The van der Waals surface area contributed by atoms with Crippen LogP contribution in [0, 0.1) is 0 Å². The number of anilines is 2. The van der Waals surface area contributed by atoms with Crippen molar-refractivity contribution >= 4 is 46.2 Å². The molecule has 0 aromatic heterocycles. The van der Waals surface area contributed by atoms with Crippen LogP contribution in [0.25, 0.3) is 0 Å². The highest BCUT2D eigenvalue weighted by molar-refractivity contribution is 7.80. The van der Waals surface area contributed by atoms with Crippen LogP contribution in [0.15, 0.2) is 48.5 Å². The molecule has 0 aliphatic carbocycles. The molecular formula is C21H26ClN4OS+. The average Bonchev–Trinajstić information content (AvgIpc) is 2.70. The Labute approximate surface area is 176 Å². The van der Waals surface area contributed by atoms with Gasteiger partial charge in [-0.2, -0.15) is 0 Å². The zero-order chi connectivity index (χ0) is 19.9. The summed E-state index contributed by atoms with van der Waals surface area (Å²) in [7, 11) is 0. The van der Waals surface area contributed by atoms with E-state index in [0.29, 0.717) is 16.7 Å². The fraction of sp³-hybridized carbons (Fsp3) is 0.333. The Kier molecular flexibility index (Phi) is 7.25. The molecule has 7 heteroatoms. The molecule has 0 radical (unpaired) electrons. The molecule has 3 N–H and O–H groups in total. The Morgan fingerprint density at radius 1 is 1.11 bits per heavy atom. The quantitative estimate of drug-likeness (QED) is 0.654. The first-order chi connectivity index (χ1) is 13.5. The Hall–Kier alpha value is -2.15. The minimum atomic E-state index is 0.0613. The number of para-hydroxylation sites is 1. The summed E-state index contributed by atoms with van der Waals surface area (Å²) in [6.45, 7) is 5.98. The summed E-state index contributed by atoms with van der Waals surface area (Å²) >= 11 is 11.4. The molecule has 2 aromatic rings. The first-order valence-electron chi connectivity index (χ1n) is 9.58. The molecule has 148 valence electrons. The molecule has 0 bridgehead atoms. The number of quaternary nitrogens is 1. The average molecular weight is 418 g/mol. The fourth-order valence-corrected chi connectivity index (χ4v) is 3.74. The Morgan fingerprint density at radius 2 is 1.79 bits per heavy atom. The highest BCUT2D eigenvalue weighted by Gasteiger charge is 2.23. The van der Waals surface area contributed by atoms with Crippen molar-refractivity contribution in [3.63, 3.8) is 0 Å². The van der Waals surface area contributed by atoms with E-state index in [1.54, 1.807) is 0 Å². The van der Waals surface area contributed by atoms with Crippen LogP contribution in [0.1, 0.15) is 12.5 Å². The highest BCUT2D eigenvalue weighted by atomic mass is 35.5. The zero-order valence-corrected chi connectivity index (χ0v) is 17.6. The summed E-state index contributed by atoms with van der Waals surface area (Å²) < 4.78 is 0. The number of thiocarbonyl (C=S) groups is 1. The zero-order valence-electron chi connectivity index (χ0n) is 16.0. The van der Waals surface area contributed by atoms with Crippen LogP contribution in [0.5, 0.6) is 0 Å². The van der Waals surface area contributed by atoms with Crippen LogP contribution in [0.3, 0.4) is 0 Å². The van der Waals surface area contributed by atoms with Gasteiger partial charge in [0.15, 0.2) is 11.7 Å². The number of aryl methyl sites for hydroxylation is 1. The van der Waals surface area contributed by atoms with Gasteiger partial charge in [0, 0.05) is 16.4 Å². The number of hydrogen-bond donors (Lipinski definition) is 3. The molecule has 1 aliphatic rings. The van der Waals surface area contributed by atoms with Crippen LogP contribution < -0.4 is 15.5 Å². The third kappa shape index (κ3) is 5.67. The fourth-order valence-electron chi connectivity index (χ4n) is 3.31. The number of rotatable bonds is 5. The molecule has 0 saturated carbocycles. The molecule has 28 heavy (non-hydrogen) atoms. The number of carbonyl (C=O) groups excluding carboxylic acids is 1. The number of benzene rings is 2. The summed E-state index contributed by atoms with van der Waals surface area (Å²) in [4.78, 5) is 15.9. The van der Waals surface area contributed by atoms with Gasteiger partial charge in [0.25, 0.3) is 5.91 Å². The molecule has 0 unspecified atom stereocenters. The van der Waals surface area contributed by atoms with Gasteiger partial charge in [-0.05, 0) is 54.5 Å². The van der Waals surface area contributed by atoms with E-state index in [1.165, 1.54) is 4.90 Å². The van der Waals surface area contributed by atoms with Gasteiger partial charge in [0.1, 0.15) is 0 Å². The molecule has 0 spiro atoms. The molecule has 1 saturated heterocycles. The SMILES string of the molecule is CCc1ccccc1NC(=O)C[NH+]1CCN(C(=S)Nc2ccc(Cl)cc2)CC1. The summed E-state index contributed by atoms with van der Waals surface area (Å²) in [5.41, 5.74) is 3.01.